The Hall–Kier alpha value is -0.310. The average molecular weight is 301 g/mol. The Labute approximate surface area is 121 Å². The summed E-state index contributed by atoms with van der Waals surface area (Å²) < 4.78 is 7.84. The third-order valence-electron chi connectivity index (χ3n) is 3.63. The third-order valence-corrected chi connectivity index (χ3v) is 6.09. The van der Waals surface area contributed by atoms with Crippen molar-refractivity contribution in [2.45, 2.75) is 41.8 Å². The lowest BCUT2D eigenvalue weighted by Crippen LogP contribution is -2.41. The summed E-state index contributed by atoms with van der Waals surface area (Å²) in [5.74, 6) is 2.36. The molecule has 1 spiro atoms. The fourth-order valence-electron chi connectivity index (χ4n) is 2.64. The van der Waals surface area contributed by atoms with Gasteiger partial charge in [-0.1, -0.05) is 11.8 Å². The highest BCUT2D eigenvalue weighted by molar-refractivity contribution is 8.00. The van der Waals surface area contributed by atoms with Gasteiger partial charge >= 0.3 is 0 Å². The van der Waals surface area contributed by atoms with Crippen LogP contribution in [0.15, 0.2) is 5.16 Å². The summed E-state index contributed by atoms with van der Waals surface area (Å²) in [6, 6.07) is 0. The Bertz CT molecular complexity index is 421. The fraction of sp³-hybridized carbons (Fsp3) is 0.909. The highest BCUT2D eigenvalue weighted by atomic mass is 32.2. The lowest BCUT2D eigenvalue weighted by molar-refractivity contribution is -0.0562. The monoisotopic (exact) mass is 301 g/mol. The molecular weight excluding hydrogens is 282 g/mol. The van der Waals surface area contributed by atoms with E-state index in [0.717, 1.165) is 30.4 Å². The van der Waals surface area contributed by atoms with Crippen LogP contribution in [0.5, 0.6) is 0 Å². The molecule has 6 nitrogen and oxygen atoms in total. The summed E-state index contributed by atoms with van der Waals surface area (Å²) in [6.07, 6.45) is 3.37. The van der Waals surface area contributed by atoms with E-state index >= 15 is 0 Å². The van der Waals surface area contributed by atoms with Crippen LogP contribution in [0, 0.1) is 0 Å². The van der Waals surface area contributed by atoms with Crippen LogP contribution in [0.2, 0.25) is 0 Å². The molecule has 0 saturated carbocycles. The molecule has 2 fully saturated rings. The summed E-state index contributed by atoms with van der Waals surface area (Å²) in [7, 11) is 0. The zero-order valence-electron chi connectivity index (χ0n) is 10.8. The van der Waals surface area contributed by atoms with Gasteiger partial charge in [0.15, 0.2) is 0 Å². The van der Waals surface area contributed by atoms with Crippen LogP contribution < -0.4 is 5.73 Å². The van der Waals surface area contributed by atoms with Crippen LogP contribution in [0.4, 0.5) is 0 Å². The van der Waals surface area contributed by atoms with Crippen LogP contribution in [0.25, 0.3) is 0 Å². The van der Waals surface area contributed by atoms with Gasteiger partial charge in [-0.25, -0.2) is 4.68 Å². The van der Waals surface area contributed by atoms with E-state index in [1.807, 2.05) is 11.8 Å². The lowest BCUT2D eigenvalue weighted by atomic mass is 9.93. The largest absolute Gasteiger partial charge is 0.374 e. The average Bonchev–Trinajstić information content (AvgIpc) is 3.01. The zero-order chi connectivity index (χ0) is 13.1. The fourth-order valence-corrected chi connectivity index (χ4v) is 5.25. The molecule has 2 aliphatic heterocycles. The zero-order valence-corrected chi connectivity index (χ0v) is 12.5. The van der Waals surface area contributed by atoms with Gasteiger partial charge in [0.25, 0.3) is 0 Å². The second-order valence-electron chi connectivity index (χ2n) is 5.04. The van der Waals surface area contributed by atoms with Crippen molar-refractivity contribution >= 4 is 23.5 Å². The van der Waals surface area contributed by atoms with E-state index in [9.17, 15) is 0 Å². The normalized spacial score (nSPS) is 31.1. The van der Waals surface area contributed by atoms with Gasteiger partial charge in [-0.15, -0.1) is 5.10 Å². The van der Waals surface area contributed by atoms with Crippen LogP contribution in [-0.4, -0.2) is 55.7 Å². The molecule has 0 bridgehead atoms. The molecule has 2 aliphatic rings. The molecule has 0 amide bonds. The van der Waals surface area contributed by atoms with E-state index in [1.54, 1.807) is 16.4 Å². The Kier molecular flexibility index (Phi) is 4.30. The van der Waals surface area contributed by atoms with Gasteiger partial charge < -0.3 is 10.5 Å². The molecule has 1 aromatic heterocycles. The number of aromatic nitrogens is 4. The smallest absolute Gasteiger partial charge is 0.209 e. The molecule has 2 N–H and O–H groups in total. The van der Waals surface area contributed by atoms with Gasteiger partial charge in [-0.3, -0.25) is 0 Å². The molecule has 19 heavy (non-hydrogen) atoms. The molecule has 0 aromatic carbocycles. The summed E-state index contributed by atoms with van der Waals surface area (Å²) in [4.78, 5) is 0. The van der Waals surface area contributed by atoms with Crippen molar-refractivity contribution < 1.29 is 4.74 Å². The predicted molar refractivity (Wildman–Crippen MR) is 76.4 cm³/mol. The van der Waals surface area contributed by atoms with Crippen molar-refractivity contribution in [2.24, 2.45) is 5.73 Å². The first-order valence-electron chi connectivity index (χ1n) is 6.66. The van der Waals surface area contributed by atoms with Gasteiger partial charge in [0, 0.05) is 24.2 Å². The number of rotatable bonds is 4. The number of thioether (sulfide) groups is 2. The minimum atomic E-state index is 0.118. The van der Waals surface area contributed by atoms with Crippen molar-refractivity contribution in [3.05, 3.63) is 0 Å². The topological polar surface area (TPSA) is 78.9 Å². The molecule has 3 heterocycles. The molecule has 0 radical (unpaired) electrons. The van der Waals surface area contributed by atoms with Gasteiger partial charge in [-0.2, -0.15) is 11.8 Å². The van der Waals surface area contributed by atoms with E-state index < -0.39 is 0 Å². The maximum absolute atomic E-state index is 6.04. The van der Waals surface area contributed by atoms with Crippen LogP contribution in [0.1, 0.15) is 19.3 Å². The SMILES string of the molecule is NCCn1nnnc1SC1CCOC2(CCSC2)C1. The number of ether oxygens (including phenoxy) is 1. The van der Waals surface area contributed by atoms with Gasteiger partial charge in [0.1, 0.15) is 0 Å². The number of hydrogen-bond acceptors (Lipinski definition) is 7. The van der Waals surface area contributed by atoms with Crippen molar-refractivity contribution in [2.75, 3.05) is 24.7 Å². The standard InChI is InChI=1S/C11H19N5OS2/c12-3-4-16-10(13-14-15-16)19-9-1-5-17-11(7-9)2-6-18-8-11/h9H,1-8,12H2. The van der Waals surface area contributed by atoms with E-state index in [-0.39, 0.29) is 5.60 Å². The number of nitrogens with two attached hydrogens (primary N) is 1. The molecule has 1 aromatic rings. The summed E-state index contributed by atoms with van der Waals surface area (Å²) in [5, 5.41) is 13.3. The number of hydrogen-bond donors (Lipinski definition) is 1. The molecule has 2 atom stereocenters. The van der Waals surface area contributed by atoms with E-state index in [1.165, 1.54) is 12.2 Å². The molecule has 3 rings (SSSR count). The number of nitrogens with zero attached hydrogens (tertiary/aromatic N) is 4. The second kappa shape index (κ2) is 5.99. The summed E-state index contributed by atoms with van der Waals surface area (Å²) >= 11 is 3.79. The number of tetrazole rings is 1. The van der Waals surface area contributed by atoms with Crippen LogP contribution in [-0.2, 0) is 11.3 Å². The van der Waals surface area contributed by atoms with Crippen molar-refractivity contribution in [3.63, 3.8) is 0 Å². The van der Waals surface area contributed by atoms with Gasteiger partial charge in [-0.05, 0) is 35.4 Å². The van der Waals surface area contributed by atoms with Crippen molar-refractivity contribution in [1.29, 1.82) is 0 Å². The van der Waals surface area contributed by atoms with Gasteiger partial charge in [0.05, 0.1) is 12.1 Å². The first kappa shape index (κ1) is 13.7. The van der Waals surface area contributed by atoms with E-state index in [2.05, 4.69) is 15.5 Å². The van der Waals surface area contributed by atoms with E-state index in [0.29, 0.717) is 18.3 Å². The van der Waals surface area contributed by atoms with Crippen LogP contribution >= 0.6 is 23.5 Å². The Morgan fingerprint density at radius 1 is 1.58 bits per heavy atom. The Morgan fingerprint density at radius 2 is 2.53 bits per heavy atom. The minimum Gasteiger partial charge on any atom is -0.374 e. The maximum Gasteiger partial charge on any atom is 0.209 e. The van der Waals surface area contributed by atoms with Gasteiger partial charge in [0.2, 0.25) is 5.16 Å². The van der Waals surface area contributed by atoms with Crippen molar-refractivity contribution in [1.82, 2.24) is 20.2 Å². The van der Waals surface area contributed by atoms with E-state index in [4.69, 9.17) is 10.5 Å². The summed E-state index contributed by atoms with van der Waals surface area (Å²) in [5.41, 5.74) is 5.69. The Balaban J connectivity index is 1.64. The molecule has 8 heteroatoms. The quantitative estimate of drug-likeness (QED) is 0.880. The maximum atomic E-state index is 6.04. The first-order valence-corrected chi connectivity index (χ1v) is 8.69. The third kappa shape index (κ3) is 3.07. The second-order valence-corrected chi connectivity index (χ2v) is 7.41. The molecular formula is C11H19N5OS2. The predicted octanol–water partition coefficient (Wildman–Crippen LogP) is 0.779. The van der Waals surface area contributed by atoms with Crippen molar-refractivity contribution in [3.8, 4) is 0 Å². The lowest BCUT2D eigenvalue weighted by Gasteiger charge is -2.37. The first-order chi connectivity index (χ1) is 9.31. The minimum absolute atomic E-state index is 0.118. The molecule has 2 unspecified atom stereocenters. The molecule has 2 saturated heterocycles. The molecule has 0 aliphatic carbocycles. The highest BCUT2D eigenvalue weighted by Crippen LogP contribution is 2.42. The summed E-state index contributed by atoms with van der Waals surface area (Å²) in [6.45, 7) is 2.10. The van der Waals surface area contributed by atoms with Crippen LogP contribution in [0.3, 0.4) is 0 Å². The highest BCUT2D eigenvalue weighted by Gasteiger charge is 2.41. The molecule has 106 valence electrons. The Morgan fingerprint density at radius 3 is 3.32 bits per heavy atom.